The Morgan fingerprint density at radius 2 is 2.00 bits per heavy atom. The Balaban J connectivity index is 2.04. The Hall–Kier alpha value is -2.77. The summed E-state index contributed by atoms with van der Waals surface area (Å²) in [6.07, 6.45) is -0.0565. The maximum atomic E-state index is 12.2. The van der Waals surface area contributed by atoms with E-state index in [2.05, 4.69) is 5.32 Å². The SMILES string of the molecule is COc1ccc(N2CC(C(=O)NCCC(=O)O)CC2=O)cc1OC. The molecule has 1 heterocycles. The summed E-state index contributed by atoms with van der Waals surface area (Å²) in [7, 11) is 3.03. The van der Waals surface area contributed by atoms with Gasteiger partial charge in [0.05, 0.1) is 26.6 Å². The van der Waals surface area contributed by atoms with E-state index in [-0.39, 0.29) is 37.7 Å². The summed E-state index contributed by atoms with van der Waals surface area (Å²) >= 11 is 0. The molecule has 2 N–H and O–H groups in total. The molecule has 1 saturated heterocycles. The highest BCUT2D eigenvalue weighted by atomic mass is 16.5. The van der Waals surface area contributed by atoms with E-state index in [1.165, 1.54) is 19.1 Å². The Labute approximate surface area is 139 Å². The minimum atomic E-state index is -0.982. The molecule has 8 nitrogen and oxygen atoms in total. The van der Waals surface area contributed by atoms with Gasteiger partial charge in [0.15, 0.2) is 11.5 Å². The van der Waals surface area contributed by atoms with E-state index in [1.807, 2.05) is 0 Å². The summed E-state index contributed by atoms with van der Waals surface area (Å²) in [6.45, 7) is 0.294. The molecule has 1 atom stereocenters. The number of hydrogen-bond acceptors (Lipinski definition) is 5. The van der Waals surface area contributed by atoms with Gasteiger partial charge in [0.25, 0.3) is 0 Å². The standard InChI is InChI=1S/C16H20N2O6/c1-23-12-4-3-11(8-13(12)24-2)18-9-10(7-14(18)19)16(22)17-6-5-15(20)21/h3-4,8,10H,5-7,9H2,1-2H3,(H,17,22)(H,20,21). The summed E-state index contributed by atoms with van der Waals surface area (Å²) in [5.41, 5.74) is 0.624. The van der Waals surface area contributed by atoms with Crippen molar-refractivity contribution in [1.29, 1.82) is 0 Å². The van der Waals surface area contributed by atoms with E-state index < -0.39 is 11.9 Å². The van der Waals surface area contributed by atoms with E-state index >= 15 is 0 Å². The second-order valence-corrected chi connectivity index (χ2v) is 5.38. The molecular weight excluding hydrogens is 316 g/mol. The number of benzene rings is 1. The van der Waals surface area contributed by atoms with Crippen LogP contribution in [0.4, 0.5) is 5.69 Å². The molecule has 0 bridgehead atoms. The van der Waals surface area contributed by atoms with Gasteiger partial charge in [-0.3, -0.25) is 14.4 Å². The molecule has 0 spiro atoms. The number of carbonyl (C=O) groups is 3. The molecule has 2 amide bonds. The quantitative estimate of drug-likeness (QED) is 0.757. The van der Waals surface area contributed by atoms with Crippen molar-refractivity contribution in [3.63, 3.8) is 0 Å². The Bertz CT molecular complexity index is 645. The third-order valence-corrected chi connectivity index (χ3v) is 3.81. The first-order chi connectivity index (χ1) is 11.5. The van der Waals surface area contributed by atoms with Crippen LogP contribution in [-0.4, -0.2) is 50.2 Å². The van der Waals surface area contributed by atoms with Crippen molar-refractivity contribution in [3.8, 4) is 11.5 Å². The number of hydrogen-bond donors (Lipinski definition) is 2. The Morgan fingerprint density at radius 3 is 2.62 bits per heavy atom. The van der Waals surface area contributed by atoms with E-state index in [0.29, 0.717) is 17.2 Å². The van der Waals surface area contributed by atoms with Crippen molar-refractivity contribution < 1.29 is 29.0 Å². The van der Waals surface area contributed by atoms with Crippen LogP contribution in [0.3, 0.4) is 0 Å². The summed E-state index contributed by atoms with van der Waals surface area (Å²) in [5.74, 6) is -0.912. The van der Waals surface area contributed by atoms with Crippen LogP contribution < -0.4 is 19.7 Å². The number of methoxy groups -OCH3 is 2. The number of nitrogens with one attached hydrogen (secondary N) is 1. The van der Waals surface area contributed by atoms with Gasteiger partial charge in [0.1, 0.15) is 0 Å². The number of carbonyl (C=O) groups excluding carboxylic acids is 2. The molecule has 2 rings (SSSR count). The zero-order chi connectivity index (χ0) is 17.7. The second-order valence-electron chi connectivity index (χ2n) is 5.38. The van der Waals surface area contributed by atoms with Crippen LogP contribution in [-0.2, 0) is 14.4 Å². The molecule has 130 valence electrons. The summed E-state index contributed by atoms with van der Waals surface area (Å²) in [6, 6.07) is 5.10. The monoisotopic (exact) mass is 336 g/mol. The lowest BCUT2D eigenvalue weighted by molar-refractivity contribution is -0.137. The number of rotatable bonds is 7. The fourth-order valence-corrected chi connectivity index (χ4v) is 2.56. The number of nitrogens with zero attached hydrogens (tertiary/aromatic N) is 1. The van der Waals surface area contributed by atoms with Gasteiger partial charge >= 0.3 is 5.97 Å². The molecule has 1 unspecified atom stereocenters. The van der Waals surface area contributed by atoms with Crippen molar-refractivity contribution in [2.75, 3.05) is 32.2 Å². The topological polar surface area (TPSA) is 105 Å². The average molecular weight is 336 g/mol. The van der Waals surface area contributed by atoms with Crippen LogP contribution >= 0.6 is 0 Å². The van der Waals surface area contributed by atoms with E-state index in [4.69, 9.17) is 14.6 Å². The van der Waals surface area contributed by atoms with E-state index in [0.717, 1.165) is 0 Å². The first-order valence-corrected chi connectivity index (χ1v) is 7.48. The fraction of sp³-hybridized carbons (Fsp3) is 0.438. The van der Waals surface area contributed by atoms with Gasteiger partial charge in [-0.25, -0.2) is 0 Å². The van der Waals surface area contributed by atoms with Crippen LogP contribution in [0.15, 0.2) is 18.2 Å². The number of anilines is 1. The molecule has 0 radical (unpaired) electrons. The number of aliphatic carboxylic acids is 1. The molecule has 1 fully saturated rings. The highest BCUT2D eigenvalue weighted by Crippen LogP contribution is 2.34. The fourth-order valence-electron chi connectivity index (χ4n) is 2.56. The lowest BCUT2D eigenvalue weighted by atomic mass is 10.1. The maximum absolute atomic E-state index is 12.2. The van der Waals surface area contributed by atoms with Crippen LogP contribution in [0.5, 0.6) is 11.5 Å². The molecule has 0 aliphatic carbocycles. The van der Waals surface area contributed by atoms with Gasteiger partial charge < -0.3 is 24.8 Å². The molecular formula is C16H20N2O6. The second kappa shape index (κ2) is 7.67. The van der Waals surface area contributed by atoms with Crippen LogP contribution in [0, 0.1) is 5.92 Å². The van der Waals surface area contributed by atoms with Crippen molar-refractivity contribution >= 4 is 23.5 Å². The van der Waals surface area contributed by atoms with Crippen molar-refractivity contribution in [1.82, 2.24) is 5.32 Å². The molecule has 1 aromatic carbocycles. The number of carboxylic acids is 1. The smallest absolute Gasteiger partial charge is 0.305 e. The van der Waals surface area contributed by atoms with Crippen LogP contribution in [0.25, 0.3) is 0 Å². The Kier molecular flexibility index (Phi) is 5.62. The molecule has 1 aromatic rings. The number of carboxylic acid groups (broad SMARTS) is 1. The van der Waals surface area contributed by atoms with Crippen molar-refractivity contribution in [3.05, 3.63) is 18.2 Å². The molecule has 8 heteroatoms. The summed E-state index contributed by atoms with van der Waals surface area (Å²) < 4.78 is 10.4. The van der Waals surface area contributed by atoms with Crippen molar-refractivity contribution in [2.24, 2.45) is 5.92 Å². The normalized spacial score (nSPS) is 16.8. The van der Waals surface area contributed by atoms with Crippen molar-refractivity contribution in [2.45, 2.75) is 12.8 Å². The lowest BCUT2D eigenvalue weighted by Gasteiger charge is -2.18. The molecule has 1 aliphatic rings. The first-order valence-electron chi connectivity index (χ1n) is 7.48. The zero-order valence-electron chi connectivity index (χ0n) is 13.6. The maximum Gasteiger partial charge on any atom is 0.305 e. The van der Waals surface area contributed by atoms with Gasteiger partial charge in [-0.15, -0.1) is 0 Å². The van der Waals surface area contributed by atoms with Gasteiger partial charge in [0, 0.05) is 31.3 Å². The third kappa shape index (κ3) is 3.95. The van der Waals surface area contributed by atoms with Gasteiger partial charge in [-0.1, -0.05) is 0 Å². The highest BCUT2D eigenvalue weighted by molar-refractivity contribution is 6.00. The summed E-state index contributed by atoms with van der Waals surface area (Å²) in [5, 5.41) is 11.1. The van der Waals surface area contributed by atoms with E-state index in [9.17, 15) is 14.4 Å². The lowest BCUT2D eigenvalue weighted by Crippen LogP contribution is -2.34. The minimum Gasteiger partial charge on any atom is -0.493 e. The summed E-state index contributed by atoms with van der Waals surface area (Å²) in [4.78, 5) is 36.2. The Morgan fingerprint density at radius 1 is 1.29 bits per heavy atom. The molecule has 0 saturated carbocycles. The predicted molar refractivity (Wildman–Crippen MR) is 85.3 cm³/mol. The third-order valence-electron chi connectivity index (χ3n) is 3.81. The van der Waals surface area contributed by atoms with Gasteiger partial charge in [-0.05, 0) is 12.1 Å². The molecule has 0 aromatic heterocycles. The largest absolute Gasteiger partial charge is 0.493 e. The van der Waals surface area contributed by atoms with E-state index in [1.54, 1.807) is 18.2 Å². The predicted octanol–water partition coefficient (Wildman–Crippen LogP) is 0.648. The molecule has 1 aliphatic heterocycles. The average Bonchev–Trinajstić information content (AvgIpc) is 2.95. The van der Waals surface area contributed by atoms with Gasteiger partial charge in [-0.2, -0.15) is 0 Å². The molecule has 24 heavy (non-hydrogen) atoms. The van der Waals surface area contributed by atoms with Gasteiger partial charge in [0.2, 0.25) is 11.8 Å². The minimum absolute atomic E-state index is 0.0508. The zero-order valence-corrected chi connectivity index (χ0v) is 13.6. The van der Waals surface area contributed by atoms with Crippen LogP contribution in [0.1, 0.15) is 12.8 Å². The number of amides is 2. The highest BCUT2D eigenvalue weighted by Gasteiger charge is 2.35. The number of ether oxygens (including phenoxy) is 2. The first kappa shape index (κ1) is 17.6. The van der Waals surface area contributed by atoms with Crippen LogP contribution in [0.2, 0.25) is 0 Å².